The van der Waals surface area contributed by atoms with Crippen molar-refractivity contribution in [1.29, 1.82) is 0 Å². The molecule has 2 N–H and O–H groups in total. The van der Waals surface area contributed by atoms with Gasteiger partial charge in [-0.1, -0.05) is 0 Å². The standard InChI is InChI=1S/C12H15BrN4O/c1-4-18-12-9(14)5-6-10(15-12)17-8(3)11(13)7(2)16-17/h5-6H,4,14H2,1-3H3. The maximum absolute atomic E-state index is 5.80. The summed E-state index contributed by atoms with van der Waals surface area (Å²) in [4.78, 5) is 4.38. The number of nitrogens with two attached hydrogens (primary N) is 1. The topological polar surface area (TPSA) is 66.0 Å². The Morgan fingerprint density at radius 3 is 2.67 bits per heavy atom. The van der Waals surface area contributed by atoms with Crippen LogP contribution in [0.3, 0.4) is 0 Å². The fourth-order valence-corrected chi connectivity index (χ4v) is 1.91. The van der Waals surface area contributed by atoms with E-state index in [1.165, 1.54) is 0 Å². The molecule has 96 valence electrons. The van der Waals surface area contributed by atoms with Gasteiger partial charge in [-0.25, -0.2) is 4.68 Å². The van der Waals surface area contributed by atoms with Gasteiger partial charge in [-0.15, -0.1) is 0 Å². The Bertz CT molecular complexity index is 580. The summed E-state index contributed by atoms with van der Waals surface area (Å²) in [7, 11) is 0. The molecule has 0 fully saturated rings. The number of ether oxygens (including phenoxy) is 1. The number of halogens is 1. The lowest BCUT2D eigenvalue weighted by Gasteiger charge is -2.09. The highest BCUT2D eigenvalue weighted by molar-refractivity contribution is 9.10. The van der Waals surface area contributed by atoms with Crippen molar-refractivity contribution >= 4 is 21.6 Å². The first kappa shape index (κ1) is 12.9. The molecule has 2 aromatic rings. The van der Waals surface area contributed by atoms with Crippen molar-refractivity contribution in [2.45, 2.75) is 20.8 Å². The zero-order valence-corrected chi connectivity index (χ0v) is 12.2. The third-order valence-corrected chi connectivity index (χ3v) is 3.72. The molecule has 0 bridgehead atoms. The average Bonchev–Trinajstić information content (AvgIpc) is 2.60. The van der Waals surface area contributed by atoms with E-state index in [0.717, 1.165) is 15.9 Å². The third kappa shape index (κ3) is 2.20. The van der Waals surface area contributed by atoms with Gasteiger partial charge in [0, 0.05) is 0 Å². The van der Waals surface area contributed by atoms with Gasteiger partial charge in [0.25, 0.3) is 0 Å². The van der Waals surface area contributed by atoms with Crippen molar-refractivity contribution < 1.29 is 4.74 Å². The molecule has 0 unspecified atom stereocenters. The Kier molecular flexibility index (Phi) is 3.56. The highest BCUT2D eigenvalue weighted by atomic mass is 79.9. The highest BCUT2D eigenvalue weighted by Crippen LogP contribution is 2.25. The van der Waals surface area contributed by atoms with Crippen LogP contribution < -0.4 is 10.5 Å². The molecule has 0 aromatic carbocycles. The highest BCUT2D eigenvalue weighted by Gasteiger charge is 2.12. The second kappa shape index (κ2) is 4.97. The fourth-order valence-electron chi connectivity index (χ4n) is 1.66. The number of nitrogen functional groups attached to an aromatic ring is 1. The lowest BCUT2D eigenvalue weighted by Crippen LogP contribution is -2.06. The van der Waals surface area contributed by atoms with Crippen molar-refractivity contribution in [3.63, 3.8) is 0 Å². The maximum Gasteiger partial charge on any atom is 0.239 e. The Hall–Kier alpha value is -1.56. The van der Waals surface area contributed by atoms with Crippen LogP contribution in [0.1, 0.15) is 18.3 Å². The van der Waals surface area contributed by atoms with Crippen LogP contribution in [0, 0.1) is 13.8 Å². The number of rotatable bonds is 3. The van der Waals surface area contributed by atoms with Crippen LogP contribution in [-0.4, -0.2) is 21.4 Å². The lowest BCUT2D eigenvalue weighted by molar-refractivity contribution is 0.328. The van der Waals surface area contributed by atoms with E-state index in [1.54, 1.807) is 10.7 Å². The summed E-state index contributed by atoms with van der Waals surface area (Å²) in [6.45, 7) is 6.34. The number of aryl methyl sites for hydroxylation is 1. The molecule has 0 aliphatic rings. The third-order valence-electron chi connectivity index (χ3n) is 2.58. The molecule has 2 rings (SSSR count). The van der Waals surface area contributed by atoms with Gasteiger partial charge in [0.05, 0.1) is 28.2 Å². The molecule has 2 aromatic heterocycles. The van der Waals surface area contributed by atoms with Crippen molar-refractivity contribution in [3.8, 4) is 11.7 Å². The Balaban J connectivity index is 2.50. The number of hydrogen-bond donors (Lipinski definition) is 1. The first-order valence-corrected chi connectivity index (χ1v) is 6.45. The molecule has 0 saturated heterocycles. The summed E-state index contributed by atoms with van der Waals surface area (Å²) in [5.41, 5.74) is 8.24. The molecule has 0 aliphatic heterocycles. The molecular weight excluding hydrogens is 296 g/mol. The molecule has 0 radical (unpaired) electrons. The van der Waals surface area contributed by atoms with Gasteiger partial charge >= 0.3 is 0 Å². The van der Waals surface area contributed by atoms with Crippen LogP contribution in [0.15, 0.2) is 16.6 Å². The summed E-state index contributed by atoms with van der Waals surface area (Å²) in [5, 5.41) is 4.42. The summed E-state index contributed by atoms with van der Waals surface area (Å²) in [6.07, 6.45) is 0. The monoisotopic (exact) mass is 310 g/mol. The van der Waals surface area contributed by atoms with Crippen LogP contribution in [0.5, 0.6) is 5.88 Å². The molecule has 6 heteroatoms. The predicted octanol–water partition coefficient (Wildman–Crippen LogP) is 2.63. The van der Waals surface area contributed by atoms with Gasteiger partial charge in [-0.2, -0.15) is 10.1 Å². The zero-order valence-electron chi connectivity index (χ0n) is 10.6. The number of nitrogens with zero attached hydrogens (tertiary/aromatic N) is 3. The van der Waals surface area contributed by atoms with E-state index in [0.29, 0.717) is 24.0 Å². The zero-order chi connectivity index (χ0) is 13.3. The van der Waals surface area contributed by atoms with E-state index in [2.05, 4.69) is 26.0 Å². The van der Waals surface area contributed by atoms with Crippen LogP contribution in [0.2, 0.25) is 0 Å². The number of hydrogen-bond acceptors (Lipinski definition) is 4. The van der Waals surface area contributed by atoms with Crippen molar-refractivity contribution in [2.75, 3.05) is 12.3 Å². The van der Waals surface area contributed by atoms with Crippen LogP contribution >= 0.6 is 15.9 Å². The quantitative estimate of drug-likeness (QED) is 0.946. The lowest BCUT2D eigenvalue weighted by atomic mass is 10.3. The summed E-state index contributed by atoms with van der Waals surface area (Å²) >= 11 is 3.49. The smallest absolute Gasteiger partial charge is 0.239 e. The maximum atomic E-state index is 5.80. The van der Waals surface area contributed by atoms with E-state index in [9.17, 15) is 0 Å². The Morgan fingerprint density at radius 2 is 2.11 bits per heavy atom. The average molecular weight is 311 g/mol. The Morgan fingerprint density at radius 1 is 1.39 bits per heavy atom. The largest absolute Gasteiger partial charge is 0.476 e. The summed E-state index contributed by atoms with van der Waals surface area (Å²) in [5.74, 6) is 1.14. The number of pyridine rings is 1. The van der Waals surface area contributed by atoms with Gasteiger partial charge < -0.3 is 10.5 Å². The SMILES string of the molecule is CCOc1nc(-n2nc(C)c(Br)c2C)ccc1N. The predicted molar refractivity (Wildman–Crippen MR) is 74.1 cm³/mol. The second-order valence-electron chi connectivity index (χ2n) is 3.89. The van der Waals surface area contributed by atoms with Crippen LogP contribution in [-0.2, 0) is 0 Å². The first-order valence-electron chi connectivity index (χ1n) is 5.66. The van der Waals surface area contributed by atoms with Crippen LogP contribution in [0.4, 0.5) is 5.69 Å². The minimum atomic E-state index is 0.443. The van der Waals surface area contributed by atoms with E-state index in [4.69, 9.17) is 10.5 Å². The van der Waals surface area contributed by atoms with Gasteiger partial charge in [0.15, 0.2) is 5.82 Å². The van der Waals surface area contributed by atoms with E-state index < -0.39 is 0 Å². The van der Waals surface area contributed by atoms with Crippen molar-refractivity contribution in [1.82, 2.24) is 14.8 Å². The molecule has 18 heavy (non-hydrogen) atoms. The summed E-state index contributed by atoms with van der Waals surface area (Å²) in [6, 6.07) is 3.60. The van der Waals surface area contributed by atoms with E-state index in [-0.39, 0.29) is 0 Å². The number of aromatic nitrogens is 3. The molecule has 5 nitrogen and oxygen atoms in total. The van der Waals surface area contributed by atoms with Gasteiger partial charge in [-0.3, -0.25) is 0 Å². The summed E-state index contributed by atoms with van der Waals surface area (Å²) < 4.78 is 8.14. The van der Waals surface area contributed by atoms with Crippen molar-refractivity contribution in [2.24, 2.45) is 0 Å². The first-order chi connectivity index (χ1) is 8.54. The van der Waals surface area contributed by atoms with Crippen LogP contribution in [0.25, 0.3) is 5.82 Å². The Labute approximate surface area is 114 Å². The van der Waals surface area contributed by atoms with Gasteiger partial charge in [-0.05, 0) is 48.8 Å². The normalized spacial score (nSPS) is 10.7. The molecule has 2 heterocycles. The molecule has 0 saturated carbocycles. The van der Waals surface area contributed by atoms with E-state index in [1.807, 2.05) is 26.8 Å². The molecule has 0 atom stereocenters. The van der Waals surface area contributed by atoms with Gasteiger partial charge in [0.1, 0.15) is 0 Å². The molecule has 0 spiro atoms. The minimum absolute atomic E-state index is 0.443. The van der Waals surface area contributed by atoms with Crippen molar-refractivity contribution in [3.05, 3.63) is 28.0 Å². The molecule has 0 amide bonds. The second-order valence-corrected chi connectivity index (χ2v) is 4.69. The fraction of sp³-hybridized carbons (Fsp3) is 0.333. The van der Waals surface area contributed by atoms with Gasteiger partial charge in [0.2, 0.25) is 5.88 Å². The van der Waals surface area contributed by atoms with E-state index >= 15 is 0 Å². The molecular formula is C12H15BrN4O. The number of anilines is 1. The minimum Gasteiger partial charge on any atom is -0.476 e. The molecule has 0 aliphatic carbocycles.